The minimum atomic E-state index is -0.150. The van der Waals surface area contributed by atoms with Crippen molar-refractivity contribution in [2.24, 2.45) is 5.92 Å². The smallest absolute Gasteiger partial charge is 0.248 e. The Morgan fingerprint density at radius 3 is 2.85 bits per heavy atom. The van der Waals surface area contributed by atoms with Crippen molar-refractivity contribution in [3.05, 3.63) is 35.6 Å². The van der Waals surface area contributed by atoms with Gasteiger partial charge in [-0.25, -0.2) is 0 Å². The molecule has 1 amide bonds. The van der Waals surface area contributed by atoms with Gasteiger partial charge >= 0.3 is 0 Å². The van der Waals surface area contributed by atoms with E-state index in [0.29, 0.717) is 5.70 Å². The Kier molecular flexibility index (Phi) is 1.65. The molecule has 1 aliphatic heterocycles. The Morgan fingerprint density at radius 1 is 1.31 bits per heavy atom. The topological polar surface area (TPSA) is 46.2 Å². The van der Waals surface area contributed by atoms with Crippen molar-refractivity contribution in [1.82, 2.24) is 5.32 Å². The van der Waals surface area contributed by atoms with Crippen LogP contribution in [0.3, 0.4) is 0 Å². The molecule has 1 unspecified atom stereocenters. The van der Waals surface area contributed by atoms with Crippen LogP contribution in [0, 0.1) is 5.92 Å². The van der Waals surface area contributed by atoms with Gasteiger partial charge in [-0.1, -0.05) is 11.6 Å². The molecule has 1 N–H and O–H groups in total. The average Bonchev–Trinajstić information content (AvgIpc) is 2.02. The lowest BCUT2D eigenvalue weighted by Crippen LogP contribution is -2.32. The van der Waals surface area contributed by atoms with E-state index in [-0.39, 0.29) is 17.6 Å². The van der Waals surface area contributed by atoms with Gasteiger partial charge in [0.15, 0.2) is 5.78 Å². The molecule has 3 heteroatoms. The molecule has 3 nitrogen and oxygen atoms in total. The summed E-state index contributed by atoms with van der Waals surface area (Å²) in [4.78, 5) is 22.1. The largest absolute Gasteiger partial charge is 0.325 e. The number of carbonyl (C=O) groups excluding carboxylic acids is 2. The van der Waals surface area contributed by atoms with E-state index in [0.717, 1.165) is 5.57 Å². The molecule has 1 aliphatic carbocycles. The summed E-state index contributed by atoms with van der Waals surface area (Å²) in [7, 11) is 0. The zero-order valence-electron chi connectivity index (χ0n) is 7.20. The first-order valence-electron chi connectivity index (χ1n) is 4.10. The summed E-state index contributed by atoms with van der Waals surface area (Å²) in [6.45, 7) is 1.89. The molecule has 0 spiro atoms. The van der Waals surface area contributed by atoms with E-state index in [1.807, 2.05) is 13.0 Å². The number of fused-ring (bicyclic) bond motifs is 1. The third kappa shape index (κ3) is 1.33. The van der Waals surface area contributed by atoms with Gasteiger partial charge in [0.1, 0.15) is 0 Å². The number of ketones is 1. The fourth-order valence-electron chi connectivity index (χ4n) is 1.57. The van der Waals surface area contributed by atoms with Crippen LogP contribution in [0.25, 0.3) is 0 Å². The molecule has 66 valence electrons. The number of amides is 1. The zero-order chi connectivity index (χ0) is 9.42. The molecular weight excluding hydrogens is 166 g/mol. The minimum absolute atomic E-state index is 0.0683. The molecule has 1 heterocycles. The fourth-order valence-corrected chi connectivity index (χ4v) is 1.57. The normalized spacial score (nSPS) is 26.1. The molecule has 0 aromatic heterocycles. The van der Waals surface area contributed by atoms with Crippen LogP contribution in [0.1, 0.15) is 6.92 Å². The number of carbonyl (C=O) groups is 2. The van der Waals surface area contributed by atoms with E-state index in [2.05, 4.69) is 5.32 Å². The molecular formula is C10H9NO2. The van der Waals surface area contributed by atoms with Crippen LogP contribution in [0.5, 0.6) is 0 Å². The monoisotopic (exact) mass is 175 g/mol. The van der Waals surface area contributed by atoms with Crippen molar-refractivity contribution in [2.45, 2.75) is 6.92 Å². The van der Waals surface area contributed by atoms with Gasteiger partial charge in [0, 0.05) is 23.8 Å². The maximum atomic E-state index is 11.1. The van der Waals surface area contributed by atoms with E-state index in [1.54, 1.807) is 6.08 Å². The Bertz CT molecular complexity index is 374. The van der Waals surface area contributed by atoms with Gasteiger partial charge in [0.05, 0.1) is 0 Å². The molecule has 0 saturated carbocycles. The minimum Gasteiger partial charge on any atom is -0.325 e. The van der Waals surface area contributed by atoms with Crippen molar-refractivity contribution in [2.75, 3.05) is 0 Å². The number of hydrogen-bond donors (Lipinski definition) is 1. The van der Waals surface area contributed by atoms with Crippen molar-refractivity contribution >= 4 is 11.7 Å². The third-order valence-electron chi connectivity index (χ3n) is 2.20. The third-order valence-corrected chi connectivity index (χ3v) is 2.20. The number of allylic oxidation sites excluding steroid dienone is 3. The summed E-state index contributed by atoms with van der Waals surface area (Å²) in [5.74, 6) is -0.139. The summed E-state index contributed by atoms with van der Waals surface area (Å²) in [5, 5.41) is 2.65. The molecule has 0 bridgehead atoms. The number of nitrogens with one attached hydrogen (secondary N) is 1. The standard InChI is InChI=1S/C10H9NO2/c1-6-4-10(13)11-9-5-7(12)2-3-8(6)9/h2-5,8H,1H3,(H,11,13). The summed E-state index contributed by atoms with van der Waals surface area (Å²) in [6, 6.07) is 0. The van der Waals surface area contributed by atoms with Gasteiger partial charge in [-0.05, 0) is 13.0 Å². The quantitative estimate of drug-likeness (QED) is 0.589. The van der Waals surface area contributed by atoms with E-state index >= 15 is 0 Å². The molecule has 0 aromatic rings. The number of hydrogen-bond acceptors (Lipinski definition) is 2. The van der Waals surface area contributed by atoms with Crippen LogP contribution in [0.2, 0.25) is 0 Å². The van der Waals surface area contributed by atoms with Gasteiger partial charge < -0.3 is 5.32 Å². The Balaban J connectivity index is 2.43. The van der Waals surface area contributed by atoms with E-state index in [4.69, 9.17) is 0 Å². The molecule has 2 rings (SSSR count). The van der Waals surface area contributed by atoms with Crippen molar-refractivity contribution < 1.29 is 9.59 Å². The first kappa shape index (κ1) is 7.98. The summed E-state index contributed by atoms with van der Waals surface area (Å²) >= 11 is 0. The summed E-state index contributed by atoms with van der Waals surface area (Å²) in [6.07, 6.45) is 6.37. The summed E-state index contributed by atoms with van der Waals surface area (Å²) < 4.78 is 0. The Morgan fingerprint density at radius 2 is 2.08 bits per heavy atom. The second-order valence-corrected chi connectivity index (χ2v) is 3.22. The Labute approximate surface area is 75.8 Å². The van der Waals surface area contributed by atoms with E-state index in [1.165, 1.54) is 12.2 Å². The van der Waals surface area contributed by atoms with Gasteiger partial charge in [-0.2, -0.15) is 0 Å². The van der Waals surface area contributed by atoms with E-state index < -0.39 is 0 Å². The zero-order valence-corrected chi connectivity index (χ0v) is 7.20. The van der Waals surface area contributed by atoms with Crippen LogP contribution in [-0.2, 0) is 9.59 Å². The lowest BCUT2D eigenvalue weighted by Gasteiger charge is -2.24. The second-order valence-electron chi connectivity index (χ2n) is 3.22. The average molecular weight is 175 g/mol. The highest BCUT2D eigenvalue weighted by molar-refractivity contribution is 6.02. The molecule has 13 heavy (non-hydrogen) atoms. The highest BCUT2D eigenvalue weighted by Gasteiger charge is 2.23. The predicted molar refractivity (Wildman–Crippen MR) is 47.6 cm³/mol. The van der Waals surface area contributed by atoms with E-state index in [9.17, 15) is 9.59 Å². The maximum absolute atomic E-state index is 11.1. The molecule has 0 saturated heterocycles. The van der Waals surface area contributed by atoms with Crippen molar-refractivity contribution in [3.8, 4) is 0 Å². The SMILES string of the molecule is CC1=CC(=O)NC2=CC(=O)C=CC12. The molecule has 2 aliphatic rings. The van der Waals surface area contributed by atoms with Crippen molar-refractivity contribution in [1.29, 1.82) is 0 Å². The molecule has 0 fully saturated rings. The highest BCUT2D eigenvalue weighted by atomic mass is 16.1. The lowest BCUT2D eigenvalue weighted by molar-refractivity contribution is -0.116. The second kappa shape index (κ2) is 2.69. The fraction of sp³-hybridized carbons (Fsp3) is 0.200. The van der Waals surface area contributed by atoms with Crippen LogP contribution in [-0.4, -0.2) is 11.7 Å². The molecule has 0 radical (unpaired) electrons. The van der Waals surface area contributed by atoms with Crippen LogP contribution >= 0.6 is 0 Å². The van der Waals surface area contributed by atoms with Crippen molar-refractivity contribution in [3.63, 3.8) is 0 Å². The summed E-state index contributed by atoms with van der Waals surface area (Å²) in [5.41, 5.74) is 1.66. The molecule has 1 atom stereocenters. The Hall–Kier alpha value is -1.64. The van der Waals surface area contributed by atoms with Gasteiger partial charge in [-0.3, -0.25) is 9.59 Å². The van der Waals surface area contributed by atoms with Crippen LogP contribution in [0.4, 0.5) is 0 Å². The van der Waals surface area contributed by atoms with Crippen LogP contribution in [0.15, 0.2) is 35.6 Å². The van der Waals surface area contributed by atoms with Gasteiger partial charge in [0.25, 0.3) is 0 Å². The van der Waals surface area contributed by atoms with Gasteiger partial charge in [-0.15, -0.1) is 0 Å². The van der Waals surface area contributed by atoms with Gasteiger partial charge in [0.2, 0.25) is 5.91 Å². The molecule has 0 aromatic carbocycles. The lowest BCUT2D eigenvalue weighted by atomic mass is 9.89. The first-order valence-corrected chi connectivity index (χ1v) is 4.10. The van der Waals surface area contributed by atoms with Crippen LogP contribution < -0.4 is 5.32 Å². The predicted octanol–water partition coefficient (Wildman–Crippen LogP) is 0.702. The first-order chi connectivity index (χ1) is 6.16. The maximum Gasteiger partial charge on any atom is 0.248 e. The number of rotatable bonds is 0. The highest BCUT2D eigenvalue weighted by Crippen LogP contribution is 2.25.